The van der Waals surface area contributed by atoms with Gasteiger partial charge >= 0.3 is 0 Å². The molecule has 2 fully saturated rings. The topological polar surface area (TPSA) is 34.1 Å². The lowest BCUT2D eigenvalue weighted by molar-refractivity contribution is 0.119. The van der Waals surface area contributed by atoms with Gasteiger partial charge in [-0.3, -0.25) is 9.89 Å². The van der Waals surface area contributed by atoms with E-state index in [9.17, 15) is 0 Å². The second-order valence-corrected chi connectivity index (χ2v) is 8.54. The van der Waals surface area contributed by atoms with Gasteiger partial charge in [0, 0.05) is 56.3 Å². The maximum Gasteiger partial charge on any atom is 0.194 e. The molecular weight excluding hydrogens is 433 g/mol. The highest BCUT2D eigenvalue weighted by Crippen LogP contribution is 2.24. The van der Waals surface area contributed by atoms with Crippen LogP contribution in [0.4, 0.5) is 0 Å². The number of aliphatic imine (C=N–C) groups is 1. The fourth-order valence-corrected chi connectivity index (χ4v) is 4.49. The first-order valence-corrected chi connectivity index (χ1v) is 10.1. The van der Waals surface area contributed by atoms with E-state index in [0.29, 0.717) is 6.04 Å². The quantitative estimate of drug-likeness (QED) is 0.387. The summed E-state index contributed by atoms with van der Waals surface area (Å²) in [4.78, 5) is 12.3. The number of likely N-dealkylation sites (N-methyl/N-ethyl adjacent to an activating group) is 2. The minimum atomic E-state index is 0. The Labute approximate surface area is 170 Å². The highest BCUT2D eigenvalue weighted by Gasteiger charge is 2.26. The number of nitrogens with zero attached hydrogens (tertiary/aromatic N) is 4. The van der Waals surface area contributed by atoms with Crippen LogP contribution in [-0.4, -0.2) is 97.6 Å². The third-order valence-corrected chi connectivity index (χ3v) is 6.44. The zero-order chi connectivity index (χ0) is 16.8. The smallest absolute Gasteiger partial charge is 0.194 e. The summed E-state index contributed by atoms with van der Waals surface area (Å²) < 4.78 is 0. The zero-order valence-corrected chi connectivity index (χ0v) is 19.1. The fourth-order valence-electron chi connectivity index (χ4n) is 3.19. The van der Waals surface area contributed by atoms with E-state index in [1.807, 2.05) is 0 Å². The van der Waals surface area contributed by atoms with Crippen molar-refractivity contribution in [3.05, 3.63) is 0 Å². The molecule has 0 aliphatic carbocycles. The maximum atomic E-state index is 4.99. The number of hydrogen-bond donors (Lipinski definition) is 1. The number of halogens is 1. The third kappa shape index (κ3) is 6.53. The average Bonchev–Trinajstić information content (AvgIpc) is 2.54. The molecule has 0 aromatic carbocycles. The van der Waals surface area contributed by atoms with Gasteiger partial charge < -0.3 is 15.1 Å². The zero-order valence-electron chi connectivity index (χ0n) is 16.0. The Hall–Kier alpha value is 0.270. The number of thioether (sulfide) groups is 1. The van der Waals surface area contributed by atoms with Crippen molar-refractivity contribution < 1.29 is 0 Å². The van der Waals surface area contributed by atoms with Crippen LogP contribution < -0.4 is 5.32 Å². The van der Waals surface area contributed by atoms with Gasteiger partial charge in [-0.05, 0) is 26.9 Å². The predicted octanol–water partition coefficient (Wildman–Crippen LogP) is 1.89. The van der Waals surface area contributed by atoms with Crippen molar-refractivity contribution in [2.75, 3.05) is 65.7 Å². The van der Waals surface area contributed by atoms with Crippen molar-refractivity contribution in [1.29, 1.82) is 0 Å². The van der Waals surface area contributed by atoms with Crippen LogP contribution in [0.25, 0.3) is 0 Å². The molecular formula is C17H36IN5S. The van der Waals surface area contributed by atoms with E-state index in [2.05, 4.69) is 66.6 Å². The Morgan fingerprint density at radius 1 is 1.21 bits per heavy atom. The molecule has 2 aliphatic heterocycles. The lowest BCUT2D eigenvalue weighted by Gasteiger charge is -2.38. The standard InChI is InChI=1S/C17H35N5S.HI/c1-6-18-17(22-9-10-23-16(13-22)14(2)3)19-11-15-12-20(4)7-8-21(15)5;/h14-16H,6-13H2,1-5H3,(H,18,19);1H. The van der Waals surface area contributed by atoms with E-state index >= 15 is 0 Å². The Balaban J connectivity index is 0.00000288. The van der Waals surface area contributed by atoms with E-state index in [4.69, 9.17) is 4.99 Å². The Morgan fingerprint density at radius 3 is 2.62 bits per heavy atom. The van der Waals surface area contributed by atoms with Crippen molar-refractivity contribution >= 4 is 41.7 Å². The molecule has 0 amide bonds. The first-order chi connectivity index (χ1) is 11.0. The summed E-state index contributed by atoms with van der Waals surface area (Å²) in [6.45, 7) is 14.3. The lowest BCUT2D eigenvalue weighted by atomic mass is 10.1. The molecule has 2 atom stereocenters. The first kappa shape index (κ1) is 22.3. The molecule has 7 heteroatoms. The van der Waals surface area contributed by atoms with E-state index in [1.54, 1.807) is 0 Å². The van der Waals surface area contributed by atoms with E-state index in [-0.39, 0.29) is 24.0 Å². The summed E-state index contributed by atoms with van der Waals surface area (Å²) in [5.41, 5.74) is 0. The van der Waals surface area contributed by atoms with Crippen molar-refractivity contribution in [3.8, 4) is 0 Å². The number of hydrogen-bond acceptors (Lipinski definition) is 4. The van der Waals surface area contributed by atoms with Crippen LogP contribution in [0, 0.1) is 5.92 Å². The lowest BCUT2D eigenvalue weighted by Crippen LogP contribution is -2.52. The van der Waals surface area contributed by atoms with Crippen LogP contribution >= 0.6 is 35.7 Å². The van der Waals surface area contributed by atoms with E-state index in [1.165, 1.54) is 5.75 Å². The largest absolute Gasteiger partial charge is 0.357 e. The summed E-state index contributed by atoms with van der Waals surface area (Å²) in [6, 6.07) is 0.530. The molecule has 1 N–H and O–H groups in total. The van der Waals surface area contributed by atoms with Crippen molar-refractivity contribution in [2.24, 2.45) is 10.9 Å². The SMILES string of the molecule is CCNC(=NCC1CN(C)CCN1C)N1CCSC(C(C)C)C1.I. The summed E-state index contributed by atoms with van der Waals surface area (Å²) >= 11 is 2.12. The van der Waals surface area contributed by atoms with Gasteiger partial charge in [-0.25, -0.2) is 0 Å². The molecule has 24 heavy (non-hydrogen) atoms. The number of piperazine rings is 1. The van der Waals surface area contributed by atoms with E-state index < -0.39 is 0 Å². The molecule has 0 bridgehead atoms. The molecule has 0 spiro atoms. The second kappa shape index (κ2) is 11.1. The van der Waals surface area contributed by atoms with Gasteiger partial charge in [0.05, 0.1) is 6.54 Å². The minimum absolute atomic E-state index is 0. The van der Waals surface area contributed by atoms with Gasteiger partial charge in [0.15, 0.2) is 5.96 Å². The van der Waals surface area contributed by atoms with Crippen molar-refractivity contribution in [3.63, 3.8) is 0 Å². The Morgan fingerprint density at radius 2 is 1.96 bits per heavy atom. The van der Waals surface area contributed by atoms with Crippen molar-refractivity contribution in [2.45, 2.75) is 32.1 Å². The summed E-state index contributed by atoms with van der Waals surface area (Å²) in [5.74, 6) is 3.04. The molecule has 2 saturated heterocycles. The van der Waals surface area contributed by atoms with Crippen LogP contribution in [0.3, 0.4) is 0 Å². The second-order valence-electron chi connectivity index (χ2n) is 7.19. The van der Waals surface area contributed by atoms with Crippen LogP contribution in [0.1, 0.15) is 20.8 Å². The number of rotatable bonds is 4. The van der Waals surface area contributed by atoms with Crippen LogP contribution in [0.2, 0.25) is 0 Å². The maximum absolute atomic E-state index is 4.99. The summed E-state index contributed by atoms with van der Waals surface area (Å²) in [7, 11) is 4.44. The normalized spacial score (nSPS) is 27.2. The molecule has 0 radical (unpaired) electrons. The summed E-state index contributed by atoms with van der Waals surface area (Å²) in [5, 5.41) is 4.23. The Kier molecular flexibility index (Phi) is 10.3. The summed E-state index contributed by atoms with van der Waals surface area (Å²) in [6.07, 6.45) is 0. The van der Waals surface area contributed by atoms with Crippen LogP contribution in [0.5, 0.6) is 0 Å². The number of guanidine groups is 1. The molecule has 5 nitrogen and oxygen atoms in total. The van der Waals surface area contributed by atoms with Crippen molar-refractivity contribution in [1.82, 2.24) is 20.0 Å². The van der Waals surface area contributed by atoms with Gasteiger partial charge in [0.2, 0.25) is 0 Å². The molecule has 142 valence electrons. The molecule has 2 aliphatic rings. The van der Waals surface area contributed by atoms with E-state index in [0.717, 1.165) is 62.9 Å². The highest BCUT2D eigenvalue weighted by molar-refractivity contribution is 14.0. The molecule has 0 aromatic heterocycles. The Bertz CT molecular complexity index is 393. The predicted molar refractivity (Wildman–Crippen MR) is 118 cm³/mol. The first-order valence-electron chi connectivity index (χ1n) is 9.05. The minimum Gasteiger partial charge on any atom is -0.357 e. The van der Waals surface area contributed by atoms with Gasteiger partial charge in [-0.2, -0.15) is 11.8 Å². The van der Waals surface area contributed by atoms with Gasteiger partial charge in [0.1, 0.15) is 0 Å². The monoisotopic (exact) mass is 469 g/mol. The average molecular weight is 469 g/mol. The third-order valence-electron chi connectivity index (χ3n) is 4.90. The molecule has 2 heterocycles. The van der Waals surface area contributed by atoms with Crippen LogP contribution in [0.15, 0.2) is 4.99 Å². The van der Waals surface area contributed by atoms with Gasteiger partial charge in [-0.1, -0.05) is 13.8 Å². The van der Waals surface area contributed by atoms with Crippen LogP contribution in [-0.2, 0) is 0 Å². The highest BCUT2D eigenvalue weighted by atomic mass is 127. The van der Waals surface area contributed by atoms with Gasteiger partial charge in [-0.15, -0.1) is 24.0 Å². The molecule has 2 rings (SSSR count). The molecule has 0 saturated carbocycles. The number of nitrogens with one attached hydrogen (secondary N) is 1. The van der Waals surface area contributed by atoms with Gasteiger partial charge in [0.25, 0.3) is 0 Å². The fraction of sp³-hybridized carbons (Fsp3) is 0.941. The molecule has 2 unspecified atom stereocenters. The molecule has 0 aromatic rings.